The summed E-state index contributed by atoms with van der Waals surface area (Å²) in [6, 6.07) is 0. The third-order valence-corrected chi connectivity index (χ3v) is 2.26. The van der Waals surface area contributed by atoms with Gasteiger partial charge in [-0.05, 0) is 19.8 Å². The van der Waals surface area contributed by atoms with E-state index in [0.29, 0.717) is 26.2 Å². The van der Waals surface area contributed by atoms with Crippen LogP contribution in [0.15, 0.2) is 0 Å². The van der Waals surface area contributed by atoms with Gasteiger partial charge in [0.1, 0.15) is 6.10 Å². The Morgan fingerprint density at radius 3 is 3.00 bits per heavy atom. The quantitative estimate of drug-likeness (QED) is 0.511. The average Bonchev–Trinajstić information content (AvgIpc) is 2.69. The van der Waals surface area contributed by atoms with Crippen LogP contribution in [0, 0.1) is 0 Å². The topological polar surface area (TPSA) is 70.6 Å². The Hall–Kier alpha value is -0.650. The molecule has 1 heterocycles. The van der Waals surface area contributed by atoms with Gasteiger partial charge in [-0.25, -0.2) is 0 Å². The molecule has 0 aromatic rings. The van der Waals surface area contributed by atoms with E-state index >= 15 is 0 Å². The monoisotopic (exact) mass is 216 g/mol. The minimum absolute atomic E-state index is 0.0219. The minimum Gasteiger partial charge on any atom is -0.392 e. The SMILES string of the molecule is CC(O)CNCCNC(=O)[C@@H]1CCCO1. The van der Waals surface area contributed by atoms with Crippen molar-refractivity contribution in [3.05, 3.63) is 0 Å². The molecule has 0 spiro atoms. The number of carbonyl (C=O) groups excluding carboxylic acids is 1. The van der Waals surface area contributed by atoms with Crippen molar-refractivity contribution < 1.29 is 14.6 Å². The summed E-state index contributed by atoms with van der Waals surface area (Å²) in [5.74, 6) is -0.0219. The number of aliphatic hydroxyl groups is 1. The van der Waals surface area contributed by atoms with E-state index in [1.54, 1.807) is 6.92 Å². The molecule has 0 radical (unpaired) electrons. The van der Waals surface area contributed by atoms with Gasteiger partial charge in [0.15, 0.2) is 0 Å². The summed E-state index contributed by atoms with van der Waals surface area (Å²) in [7, 11) is 0. The van der Waals surface area contributed by atoms with Crippen molar-refractivity contribution in [1.82, 2.24) is 10.6 Å². The molecular formula is C10H20N2O3. The van der Waals surface area contributed by atoms with E-state index < -0.39 is 0 Å². The molecule has 1 amide bonds. The molecule has 0 aliphatic carbocycles. The highest BCUT2D eigenvalue weighted by Crippen LogP contribution is 2.11. The summed E-state index contributed by atoms with van der Waals surface area (Å²) in [4.78, 5) is 11.4. The zero-order valence-corrected chi connectivity index (χ0v) is 9.16. The van der Waals surface area contributed by atoms with Gasteiger partial charge < -0.3 is 20.5 Å². The van der Waals surface area contributed by atoms with Crippen LogP contribution in [-0.2, 0) is 9.53 Å². The smallest absolute Gasteiger partial charge is 0.249 e. The van der Waals surface area contributed by atoms with Crippen LogP contribution < -0.4 is 10.6 Å². The summed E-state index contributed by atoms with van der Waals surface area (Å²) in [5.41, 5.74) is 0. The summed E-state index contributed by atoms with van der Waals surface area (Å²) >= 11 is 0. The van der Waals surface area contributed by atoms with Gasteiger partial charge in [-0.15, -0.1) is 0 Å². The number of hydrogen-bond acceptors (Lipinski definition) is 4. The third kappa shape index (κ3) is 5.11. The molecule has 88 valence electrons. The lowest BCUT2D eigenvalue weighted by molar-refractivity contribution is -0.129. The minimum atomic E-state index is -0.348. The van der Waals surface area contributed by atoms with Crippen LogP contribution in [0.25, 0.3) is 0 Å². The standard InChI is InChI=1S/C10H20N2O3/c1-8(13)7-11-4-5-12-10(14)9-3-2-6-15-9/h8-9,11,13H,2-7H2,1H3,(H,12,14)/t8?,9-/m0/s1. The van der Waals surface area contributed by atoms with Crippen LogP contribution in [-0.4, -0.2) is 49.5 Å². The van der Waals surface area contributed by atoms with E-state index in [2.05, 4.69) is 10.6 Å². The van der Waals surface area contributed by atoms with E-state index in [-0.39, 0.29) is 18.1 Å². The highest BCUT2D eigenvalue weighted by Gasteiger charge is 2.22. The van der Waals surface area contributed by atoms with Crippen LogP contribution in [0.4, 0.5) is 0 Å². The molecule has 5 nitrogen and oxygen atoms in total. The second-order valence-corrected chi connectivity index (χ2v) is 3.85. The fraction of sp³-hybridized carbons (Fsp3) is 0.900. The zero-order chi connectivity index (χ0) is 11.1. The Morgan fingerprint density at radius 1 is 1.60 bits per heavy atom. The Bertz CT molecular complexity index is 191. The third-order valence-electron chi connectivity index (χ3n) is 2.26. The maximum Gasteiger partial charge on any atom is 0.249 e. The summed E-state index contributed by atoms with van der Waals surface area (Å²) < 4.78 is 5.24. The predicted molar refractivity (Wildman–Crippen MR) is 56.5 cm³/mol. The Balaban J connectivity index is 1.97. The van der Waals surface area contributed by atoms with Gasteiger partial charge in [-0.2, -0.15) is 0 Å². The second kappa shape index (κ2) is 6.76. The van der Waals surface area contributed by atoms with E-state index in [1.807, 2.05) is 0 Å². The molecule has 5 heteroatoms. The van der Waals surface area contributed by atoms with E-state index in [4.69, 9.17) is 9.84 Å². The van der Waals surface area contributed by atoms with E-state index in [9.17, 15) is 4.79 Å². The van der Waals surface area contributed by atoms with Crippen molar-refractivity contribution >= 4 is 5.91 Å². The first kappa shape index (κ1) is 12.4. The van der Waals surface area contributed by atoms with Gasteiger partial charge in [0.2, 0.25) is 5.91 Å². The Labute approximate surface area is 90.2 Å². The summed E-state index contributed by atoms with van der Waals surface area (Å²) in [6.45, 7) is 4.21. The van der Waals surface area contributed by atoms with Crippen LogP contribution in [0.2, 0.25) is 0 Å². The maximum absolute atomic E-state index is 11.4. The molecule has 1 saturated heterocycles. The first-order chi connectivity index (χ1) is 7.20. The zero-order valence-electron chi connectivity index (χ0n) is 9.16. The van der Waals surface area contributed by atoms with Crippen molar-refractivity contribution in [3.8, 4) is 0 Å². The van der Waals surface area contributed by atoms with Crippen molar-refractivity contribution in [3.63, 3.8) is 0 Å². The fourth-order valence-electron chi connectivity index (χ4n) is 1.48. The highest BCUT2D eigenvalue weighted by molar-refractivity contribution is 5.80. The summed E-state index contributed by atoms with van der Waals surface area (Å²) in [5, 5.41) is 14.8. The molecule has 3 N–H and O–H groups in total. The molecule has 15 heavy (non-hydrogen) atoms. The molecule has 0 aromatic carbocycles. The van der Waals surface area contributed by atoms with Gasteiger partial charge in [0.05, 0.1) is 6.10 Å². The molecule has 1 fully saturated rings. The van der Waals surface area contributed by atoms with Crippen LogP contribution in [0.3, 0.4) is 0 Å². The fourth-order valence-corrected chi connectivity index (χ4v) is 1.48. The number of ether oxygens (including phenoxy) is 1. The molecule has 1 aliphatic rings. The lowest BCUT2D eigenvalue weighted by atomic mass is 10.2. The van der Waals surface area contributed by atoms with Crippen LogP contribution >= 0.6 is 0 Å². The number of amides is 1. The number of nitrogens with one attached hydrogen (secondary N) is 2. The molecule has 0 aromatic heterocycles. The van der Waals surface area contributed by atoms with Gasteiger partial charge >= 0.3 is 0 Å². The molecule has 2 atom stereocenters. The first-order valence-electron chi connectivity index (χ1n) is 5.48. The Kier molecular flexibility index (Phi) is 5.60. The first-order valence-corrected chi connectivity index (χ1v) is 5.48. The number of aliphatic hydroxyl groups excluding tert-OH is 1. The number of rotatable bonds is 6. The van der Waals surface area contributed by atoms with E-state index in [0.717, 1.165) is 12.8 Å². The molecule has 1 rings (SSSR count). The molecule has 1 aliphatic heterocycles. The van der Waals surface area contributed by atoms with Gasteiger partial charge in [-0.1, -0.05) is 0 Å². The van der Waals surface area contributed by atoms with Crippen LogP contribution in [0.5, 0.6) is 0 Å². The molecule has 0 saturated carbocycles. The summed E-state index contributed by atoms with van der Waals surface area (Å²) in [6.07, 6.45) is 1.20. The van der Waals surface area contributed by atoms with Crippen molar-refractivity contribution in [2.75, 3.05) is 26.2 Å². The molecule has 0 bridgehead atoms. The van der Waals surface area contributed by atoms with E-state index in [1.165, 1.54) is 0 Å². The molecular weight excluding hydrogens is 196 g/mol. The Morgan fingerprint density at radius 2 is 2.40 bits per heavy atom. The average molecular weight is 216 g/mol. The van der Waals surface area contributed by atoms with Crippen LogP contribution in [0.1, 0.15) is 19.8 Å². The van der Waals surface area contributed by atoms with Crippen molar-refractivity contribution in [2.45, 2.75) is 32.0 Å². The molecule has 1 unspecified atom stereocenters. The lowest BCUT2D eigenvalue weighted by Crippen LogP contribution is -2.39. The highest BCUT2D eigenvalue weighted by atomic mass is 16.5. The predicted octanol–water partition coefficient (Wildman–Crippen LogP) is -0.748. The van der Waals surface area contributed by atoms with Gasteiger partial charge in [0.25, 0.3) is 0 Å². The lowest BCUT2D eigenvalue weighted by Gasteiger charge is -2.11. The number of carbonyl (C=O) groups is 1. The largest absolute Gasteiger partial charge is 0.392 e. The number of hydrogen-bond donors (Lipinski definition) is 3. The maximum atomic E-state index is 11.4. The van der Waals surface area contributed by atoms with Crippen molar-refractivity contribution in [2.24, 2.45) is 0 Å². The second-order valence-electron chi connectivity index (χ2n) is 3.85. The van der Waals surface area contributed by atoms with Crippen molar-refractivity contribution in [1.29, 1.82) is 0 Å². The normalized spacial score (nSPS) is 22.7. The van der Waals surface area contributed by atoms with Gasteiger partial charge in [0, 0.05) is 26.2 Å². The van der Waals surface area contributed by atoms with Gasteiger partial charge in [-0.3, -0.25) is 4.79 Å².